The molecule has 0 spiro atoms. The molecule has 2 heterocycles. The first-order valence-electron chi connectivity index (χ1n) is 7.29. The Bertz CT molecular complexity index is 653. The van der Waals surface area contributed by atoms with Crippen molar-refractivity contribution in [1.82, 2.24) is 24.5 Å². The summed E-state index contributed by atoms with van der Waals surface area (Å²) in [5.74, 6) is 1.56. The van der Waals surface area contributed by atoms with Crippen LogP contribution in [0.4, 0.5) is 0 Å². The van der Waals surface area contributed by atoms with E-state index in [2.05, 4.69) is 22.4 Å². The molecule has 1 unspecified atom stereocenters. The zero-order valence-corrected chi connectivity index (χ0v) is 12.0. The van der Waals surface area contributed by atoms with Gasteiger partial charge in [0.05, 0.1) is 6.54 Å². The van der Waals surface area contributed by atoms with Gasteiger partial charge < -0.3 is 9.88 Å². The smallest absolute Gasteiger partial charge is 0.295 e. The number of hydrogen-bond donors (Lipinski definition) is 1. The predicted octanol–water partition coefficient (Wildman–Crippen LogP) is 1.10. The van der Waals surface area contributed by atoms with Crippen LogP contribution in [0, 0.1) is 5.92 Å². The molecule has 1 aliphatic rings. The fourth-order valence-corrected chi connectivity index (χ4v) is 3.02. The molecule has 1 aliphatic carbocycles. The van der Waals surface area contributed by atoms with Crippen LogP contribution < -0.4 is 10.9 Å². The van der Waals surface area contributed by atoms with Crippen LogP contribution in [0.3, 0.4) is 0 Å². The van der Waals surface area contributed by atoms with E-state index in [0.29, 0.717) is 18.2 Å². The van der Waals surface area contributed by atoms with Gasteiger partial charge in [-0.15, -0.1) is 10.2 Å². The molecule has 1 fully saturated rings. The lowest BCUT2D eigenvalue weighted by Crippen LogP contribution is -2.32. The lowest BCUT2D eigenvalue weighted by atomic mass is 10.00. The second kappa shape index (κ2) is 5.36. The zero-order valence-electron chi connectivity index (χ0n) is 12.0. The minimum absolute atomic E-state index is 0.116. The number of nitrogens with zero attached hydrogens (tertiary/aromatic N) is 4. The molecule has 0 aromatic carbocycles. The van der Waals surface area contributed by atoms with Gasteiger partial charge in [0, 0.05) is 25.5 Å². The minimum atomic E-state index is -0.116. The first kappa shape index (κ1) is 13.3. The number of aromatic nitrogens is 4. The molecule has 20 heavy (non-hydrogen) atoms. The number of fused-ring (bicyclic) bond motifs is 1. The van der Waals surface area contributed by atoms with Gasteiger partial charge in [0.15, 0.2) is 5.82 Å². The van der Waals surface area contributed by atoms with Crippen LogP contribution in [0.25, 0.3) is 5.65 Å². The highest BCUT2D eigenvalue weighted by atomic mass is 16.1. The van der Waals surface area contributed by atoms with Crippen molar-refractivity contribution in [2.24, 2.45) is 13.0 Å². The average molecular weight is 275 g/mol. The molecule has 0 bridgehead atoms. The standard InChI is InChI=1S/C14H21N5O/c1-10(11-5-3-4-6-11)15-9-12-16-17-13-14(20)18(2)7-8-19(12)13/h7-8,10-11,15H,3-6,9H2,1-2H3. The predicted molar refractivity (Wildman–Crippen MR) is 76.5 cm³/mol. The van der Waals surface area contributed by atoms with E-state index >= 15 is 0 Å². The Balaban J connectivity index is 1.75. The van der Waals surface area contributed by atoms with Crippen molar-refractivity contribution in [3.05, 3.63) is 28.6 Å². The van der Waals surface area contributed by atoms with Crippen LogP contribution in [0.15, 0.2) is 17.2 Å². The maximum absolute atomic E-state index is 11.9. The van der Waals surface area contributed by atoms with E-state index < -0.39 is 0 Å². The van der Waals surface area contributed by atoms with Gasteiger partial charge in [-0.25, -0.2) is 0 Å². The topological polar surface area (TPSA) is 64.2 Å². The molecule has 6 heteroatoms. The minimum Gasteiger partial charge on any atom is -0.314 e. The molecule has 2 aromatic heterocycles. The van der Waals surface area contributed by atoms with Crippen molar-refractivity contribution in [2.75, 3.05) is 0 Å². The maximum atomic E-state index is 11.9. The van der Waals surface area contributed by atoms with E-state index in [9.17, 15) is 4.79 Å². The van der Waals surface area contributed by atoms with Gasteiger partial charge >= 0.3 is 0 Å². The summed E-state index contributed by atoms with van der Waals surface area (Å²) in [6.45, 7) is 2.88. The molecule has 3 rings (SSSR count). The second-order valence-electron chi connectivity index (χ2n) is 5.74. The summed E-state index contributed by atoms with van der Waals surface area (Å²) < 4.78 is 3.29. The normalized spacial score (nSPS) is 17.9. The molecule has 2 aromatic rings. The third kappa shape index (κ3) is 2.35. The number of nitrogens with one attached hydrogen (secondary N) is 1. The summed E-state index contributed by atoms with van der Waals surface area (Å²) >= 11 is 0. The van der Waals surface area contributed by atoms with Gasteiger partial charge in [0.2, 0.25) is 5.65 Å². The summed E-state index contributed by atoms with van der Waals surface area (Å²) in [4.78, 5) is 11.9. The average Bonchev–Trinajstić information content (AvgIpc) is 3.09. The van der Waals surface area contributed by atoms with Gasteiger partial charge in [-0.2, -0.15) is 0 Å². The van der Waals surface area contributed by atoms with Gasteiger partial charge in [0.25, 0.3) is 5.56 Å². The molecule has 1 N–H and O–H groups in total. The molecule has 0 saturated heterocycles. The molecule has 0 radical (unpaired) electrons. The fourth-order valence-electron chi connectivity index (χ4n) is 3.02. The lowest BCUT2D eigenvalue weighted by Gasteiger charge is -2.19. The Hall–Kier alpha value is -1.69. The highest BCUT2D eigenvalue weighted by molar-refractivity contribution is 5.34. The molecule has 6 nitrogen and oxygen atoms in total. The Labute approximate surface area is 117 Å². The molecule has 0 amide bonds. The van der Waals surface area contributed by atoms with Crippen molar-refractivity contribution in [3.8, 4) is 0 Å². The van der Waals surface area contributed by atoms with Crippen molar-refractivity contribution in [1.29, 1.82) is 0 Å². The monoisotopic (exact) mass is 275 g/mol. The van der Waals surface area contributed by atoms with Gasteiger partial charge in [-0.05, 0) is 25.7 Å². The SMILES string of the molecule is CC(NCc1nnc2c(=O)n(C)ccn12)C1CCCC1. The van der Waals surface area contributed by atoms with Gasteiger partial charge in [0.1, 0.15) is 0 Å². The van der Waals surface area contributed by atoms with Crippen LogP contribution in [0.2, 0.25) is 0 Å². The quantitative estimate of drug-likeness (QED) is 0.907. The molecule has 0 aliphatic heterocycles. The van der Waals surface area contributed by atoms with Crippen molar-refractivity contribution >= 4 is 5.65 Å². The van der Waals surface area contributed by atoms with Crippen LogP contribution in [0.5, 0.6) is 0 Å². The highest BCUT2D eigenvalue weighted by Crippen LogP contribution is 2.27. The van der Waals surface area contributed by atoms with Crippen LogP contribution in [-0.4, -0.2) is 25.2 Å². The number of hydrogen-bond acceptors (Lipinski definition) is 4. The lowest BCUT2D eigenvalue weighted by molar-refractivity contribution is 0.376. The largest absolute Gasteiger partial charge is 0.314 e. The van der Waals surface area contributed by atoms with Crippen molar-refractivity contribution in [3.63, 3.8) is 0 Å². The van der Waals surface area contributed by atoms with Crippen LogP contribution in [0.1, 0.15) is 38.4 Å². The molecule has 1 saturated carbocycles. The Morgan fingerprint density at radius 2 is 2.10 bits per heavy atom. The molecular weight excluding hydrogens is 254 g/mol. The van der Waals surface area contributed by atoms with Crippen molar-refractivity contribution in [2.45, 2.75) is 45.2 Å². The van der Waals surface area contributed by atoms with E-state index in [-0.39, 0.29) is 5.56 Å². The maximum Gasteiger partial charge on any atom is 0.295 e. The molecular formula is C14H21N5O. The van der Waals surface area contributed by atoms with E-state index in [1.807, 2.05) is 6.20 Å². The van der Waals surface area contributed by atoms with E-state index in [4.69, 9.17) is 0 Å². The Kier molecular flexibility index (Phi) is 3.56. The van der Waals surface area contributed by atoms with Crippen LogP contribution >= 0.6 is 0 Å². The summed E-state index contributed by atoms with van der Waals surface area (Å²) in [6.07, 6.45) is 8.91. The third-order valence-electron chi connectivity index (χ3n) is 4.41. The second-order valence-corrected chi connectivity index (χ2v) is 5.74. The summed E-state index contributed by atoms with van der Waals surface area (Å²) in [5.41, 5.74) is 0.274. The third-order valence-corrected chi connectivity index (χ3v) is 4.41. The summed E-state index contributed by atoms with van der Waals surface area (Å²) in [7, 11) is 1.72. The zero-order chi connectivity index (χ0) is 14.1. The van der Waals surface area contributed by atoms with E-state index in [1.54, 1.807) is 17.6 Å². The van der Waals surface area contributed by atoms with Gasteiger partial charge in [-0.3, -0.25) is 9.20 Å². The van der Waals surface area contributed by atoms with Crippen molar-refractivity contribution < 1.29 is 0 Å². The van der Waals surface area contributed by atoms with E-state index in [1.165, 1.54) is 30.3 Å². The fraction of sp³-hybridized carbons (Fsp3) is 0.643. The number of aryl methyl sites for hydroxylation is 1. The molecule has 108 valence electrons. The summed E-state index contributed by atoms with van der Waals surface area (Å²) in [6, 6.07) is 0.483. The Morgan fingerprint density at radius 1 is 1.35 bits per heavy atom. The molecule has 1 atom stereocenters. The Morgan fingerprint density at radius 3 is 2.85 bits per heavy atom. The summed E-state index contributed by atoms with van der Waals surface area (Å²) in [5, 5.41) is 11.6. The first-order chi connectivity index (χ1) is 9.66. The van der Waals surface area contributed by atoms with E-state index in [0.717, 1.165) is 11.7 Å². The highest BCUT2D eigenvalue weighted by Gasteiger charge is 2.21. The first-order valence-corrected chi connectivity index (χ1v) is 7.29. The number of rotatable bonds is 4. The van der Waals surface area contributed by atoms with Gasteiger partial charge in [-0.1, -0.05) is 12.8 Å². The van der Waals surface area contributed by atoms with Crippen LogP contribution in [-0.2, 0) is 13.6 Å².